The van der Waals surface area contributed by atoms with Crippen LogP contribution in [0.5, 0.6) is 0 Å². The van der Waals surface area contributed by atoms with Crippen LogP contribution in [0, 0.1) is 0 Å². The predicted molar refractivity (Wildman–Crippen MR) is 112 cm³/mol. The summed E-state index contributed by atoms with van der Waals surface area (Å²) < 4.78 is 1.91. The first-order valence-corrected chi connectivity index (χ1v) is 10.7. The molecule has 3 rings (SSSR count). The maximum atomic E-state index is 12.0. The van der Waals surface area contributed by atoms with Crippen LogP contribution in [-0.2, 0) is 17.9 Å². The number of amides is 3. The van der Waals surface area contributed by atoms with Crippen molar-refractivity contribution < 1.29 is 9.59 Å². The van der Waals surface area contributed by atoms with Gasteiger partial charge in [-0.2, -0.15) is 0 Å². The molecule has 0 bridgehead atoms. The molecule has 28 heavy (non-hydrogen) atoms. The molecule has 3 amide bonds. The second kappa shape index (κ2) is 9.72. The summed E-state index contributed by atoms with van der Waals surface area (Å²) in [6.07, 6.45) is 0. The molecule has 2 aromatic heterocycles. The van der Waals surface area contributed by atoms with Gasteiger partial charge < -0.3 is 9.88 Å². The predicted octanol–water partition coefficient (Wildman–Crippen LogP) is 3.80. The van der Waals surface area contributed by atoms with Gasteiger partial charge in [-0.3, -0.25) is 10.1 Å². The Kier molecular flexibility index (Phi) is 7.07. The van der Waals surface area contributed by atoms with E-state index in [1.165, 1.54) is 23.1 Å². The molecule has 0 saturated carbocycles. The second-order valence-electron chi connectivity index (χ2n) is 5.66. The number of hydrogen-bond donors (Lipinski definition) is 2. The SMILES string of the molecule is CCn1c(SCC(=O)NC(=O)NCc2cccs2)nnc1-c1ccc(Cl)cc1. The lowest BCUT2D eigenvalue weighted by Gasteiger charge is -2.08. The Morgan fingerprint density at radius 3 is 2.68 bits per heavy atom. The van der Waals surface area contributed by atoms with Gasteiger partial charge in [0.25, 0.3) is 0 Å². The molecule has 0 aliphatic rings. The van der Waals surface area contributed by atoms with Crippen LogP contribution in [0.3, 0.4) is 0 Å². The number of thioether (sulfide) groups is 1. The zero-order valence-electron chi connectivity index (χ0n) is 15.0. The molecule has 2 N–H and O–H groups in total. The maximum absolute atomic E-state index is 12.0. The van der Waals surface area contributed by atoms with Crippen LogP contribution < -0.4 is 10.6 Å². The number of imide groups is 1. The Morgan fingerprint density at radius 2 is 2.00 bits per heavy atom. The minimum absolute atomic E-state index is 0.0607. The van der Waals surface area contributed by atoms with E-state index in [0.29, 0.717) is 29.1 Å². The first-order chi connectivity index (χ1) is 13.6. The van der Waals surface area contributed by atoms with Crippen LogP contribution in [0.15, 0.2) is 46.9 Å². The third-order valence-corrected chi connectivity index (χ3v) is 5.82. The van der Waals surface area contributed by atoms with Gasteiger partial charge >= 0.3 is 6.03 Å². The summed E-state index contributed by atoms with van der Waals surface area (Å²) in [4.78, 5) is 24.9. The Labute approximate surface area is 175 Å². The van der Waals surface area contributed by atoms with E-state index in [-0.39, 0.29) is 5.75 Å². The lowest BCUT2D eigenvalue weighted by atomic mass is 10.2. The fourth-order valence-electron chi connectivity index (χ4n) is 2.41. The monoisotopic (exact) mass is 435 g/mol. The zero-order valence-corrected chi connectivity index (χ0v) is 17.4. The number of carbonyl (C=O) groups excluding carboxylic acids is 2. The smallest absolute Gasteiger partial charge is 0.321 e. The van der Waals surface area contributed by atoms with E-state index in [9.17, 15) is 9.59 Å². The van der Waals surface area contributed by atoms with Crippen molar-refractivity contribution in [2.45, 2.75) is 25.2 Å². The number of benzene rings is 1. The van der Waals surface area contributed by atoms with Gasteiger partial charge in [-0.25, -0.2) is 4.79 Å². The minimum atomic E-state index is -0.516. The molecule has 0 unspecified atom stereocenters. The molecule has 0 spiro atoms. The Bertz CT molecular complexity index is 942. The maximum Gasteiger partial charge on any atom is 0.321 e. The molecule has 0 aliphatic carbocycles. The summed E-state index contributed by atoms with van der Waals surface area (Å²) in [7, 11) is 0. The van der Waals surface area contributed by atoms with Gasteiger partial charge in [-0.15, -0.1) is 21.5 Å². The Hall–Kier alpha value is -2.36. The van der Waals surface area contributed by atoms with E-state index < -0.39 is 11.9 Å². The molecule has 10 heteroatoms. The van der Waals surface area contributed by atoms with Gasteiger partial charge in [-0.05, 0) is 42.6 Å². The fourth-order valence-corrected chi connectivity index (χ4v) is 3.98. The summed E-state index contributed by atoms with van der Waals surface area (Å²) in [5, 5.41) is 16.6. The first kappa shape index (κ1) is 20.4. The number of nitrogens with zero attached hydrogens (tertiary/aromatic N) is 3. The van der Waals surface area contributed by atoms with Crippen molar-refractivity contribution in [1.29, 1.82) is 0 Å². The lowest BCUT2D eigenvalue weighted by Crippen LogP contribution is -2.39. The number of urea groups is 1. The molecule has 0 radical (unpaired) electrons. The quantitative estimate of drug-likeness (QED) is 0.551. The summed E-state index contributed by atoms with van der Waals surface area (Å²) in [6, 6.07) is 10.6. The molecule has 146 valence electrons. The van der Waals surface area contributed by atoms with Crippen molar-refractivity contribution in [3.8, 4) is 11.4 Å². The van der Waals surface area contributed by atoms with E-state index in [4.69, 9.17) is 11.6 Å². The molecule has 0 saturated heterocycles. The summed E-state index contributed by atoms with van der Waals surface area (Å²) >= 11 is 8.70. The summed E-state index contributed by atoms with van der Waals surface area (Å²) in [6.45, 7) is 3.01. The van der Waals surface area contributed by atoms with Gasteiger partial charge in [0.2, 0.25) is 5.91 Å². The highest BCUT2D eigenvalue weighted by molar-refractivity contribution is 7.99. The van der Waals surface area contributed by atoms with Crippen molar-refractivity contribution in [3.05, 3.63) is 51.7 Å². The number of halogens is 1. The van der Waals surface area contributed by atoms with E-state index in [1.54, 1.807) is 12.1 Å². The van der Waals surface area contributed by atoms with Crippen LogP contribution in [-0.4, -0.2) is 32.5 Å². The van der Waals surface area contributed by atoms with Crippen molar-refractivity contribution in [2.75, 3.05) is 5.75 Å². The number of aromatic nitrogens is 3. The second-order valence-corrected chi connectivity index (χ2v) is 8.07. The molecule has 0 fully saturated rings. The third kappa shape index (κ3) is 5.34. The average Bonchev–Trinajstić information content (AvgIpc) is 3.35. The number of carbonyl (C=O) groups is 2. The molecule has 1 aromatic carbocycles. The summed E-state index contributed by atoms with van der Waals surface area (Å²) in [5.41, 5.74) is 0.892. The number of hydrogen-bond acceptors (Lipinski definition) is 6. The van der Waals surface area contributed by atoms with Gasteiger partial charge in [0.05, 0.1) is 12.3 Å². The molecule has 3 aromatic rings. The highest BCUT2D eigenvalue weighted by Gasteiger charge is 2.15. The largest absolute Gasteiger partial charge is 0.333 e. The molecule has 2 heterocycles. The standard InChI is InChI=1S/C18H18ClN5O2S2/c1-2-24-16(12-5-7-13(19)8-6-12)22-23-18(24)28-11-15(25)21-17(26)20-10-14-4-3-9-27-14/h3-9H,2,10-11H2,1H3,(H2,20,21,25,26). The van der Waals surface area contributed by atoms with Gasteiger partial charge in [0, 0.05) is 22.0 Å². The molecule has 0 atom stereocenters. The molecular formula is C18H18ClN5O2S2. The Balaban J connectivity index is 1.54. The molecule has 7 nitrogen and oxygen atoms in total. The lowest BCUT2D eigenvalue weighted by molar-refractivity contribution is -0.117. The number of nitrogens with one attached hydrogen (secondary N) is 2. The number of rotatable bonds is 7. The van der Waals surface area contributed by atoms with Crippen LogP contribution in [0.1, 0.15) is 11.8 Å². The van der Waals surface area contributed by atoms with Crippen LogP contribution in [0.4, 0.5) is 4.79 Å². The fraction of sp³-hybridized carbons (Fsp3) is 0.222. The zero-order chi connectivity index (χ0) is 19.9. The Morgan fingerprint density at radius 1 is 1.21 bits per heavy atom. The van der Waals surface area contributed by atoms with Crippen molar-refractivity contribution in [3.63, 3.8) is 0 Å². The van der Waals surface area contributed by atoms with E-state index in [0.717, 1.165) is 10.4 Å². The van der Waals surface area contributed by atoms with E-state index in [2.05, 4.69) is 20.8 Å². The highest BCUT2D eigenvalue weighted by atomic mass is 35.5. The number of thiophene rings is 1. The van der Waals surface area contributed by atoms with Gasteiger partial charge in [0.1, 0.15) is 0 Å². The molecular weight excluding hydrogens is 418 g/mol. The van der Waals surface area contributed by atoms with Gasteiger partial charge in [-0.1, -0.05) is 29.4 Å². The average molecular weight is 436 g/mol. The first-order valence-electron chi connectivity index (χ1n) is 8.48. The topological polar surface area (TPSA) is 88.9 Å². The van der Waals surface area contributed by atoms with Crippen molar-refractivity contribution in [2.24, 2.45) is 0 Å². The van der Waals surface area contributed by atoms with Crippen LogP contribution >= 0.6 is 34.7 Å². The van der Waals surface area contributed by atoms with Crippen LogP contribution in [0.25, 0.3) is 11.4 Å². The van der Waals surface area contributed by atoms with E-state index >= 15 is 0 Å². The normalized spacial score (nSPS) is 10.6. The minimum Gasteiger partial charge on any atom is -0.333 e. The van der Waals surface area contributed by atoms with Gasteiger partial charge in [0.15, 0.2) is 11.0 Å². The summed E-state index contributed by atoms with van der Waals surface area (Å²) in [5.74, 6) is 0.369. The van der Waals surface area contributed by atoms with E-state index in [1.807, 2.05) is 41.1 Å². The van der Waals surface area contributed by atoms with Crippen molar-refractivity contribution >= 4 is 46.6 Å². The van der Waals surface area contributed by atoms with Crippen LogP contribution in [0.2, 0.25) is 5.02 Å². The third-order valence-electron chi connectivity index (χ3n) is 3.72. The van der Waals surface area contributed by atoms with Crippen molar-refractivity contribution in [1.82, 2.24) is 25.4 Å². The highest BCUT2D eigenvalue weighted by Crippen LogP contribution is 2.25. The molecule has 0 aliphatic heterocycles.